The van der Waals surface area contributed by atoms with E-state index < -0.39 is 0 Å². The predicted octanol–water partition coefficient (Wildman–Crippen LogP) is 2.25. The Bertz CT molecular complexity index is 595. The van der Waals surface area contributed by atoms with Crippen LogP contribution in [0.15, 0.2) is 24.3 Å². The van der Waals surface area contributed by atoms with Gasteiger partial charge in [0.05, 0.1) is 29.9 Å². The maximum atomic E-state index is 7.59. The van der Waals surface area contributed by atoms with Crippen molar-refractivity contribution in [2.45, 2.75) is 6.61 Å². The second-order valence-corrected chi connectivity index (χ2v) is 4.84. The lowest BCUT2D eigenvalue weighted by atomic mass is 10.2. The van der Waals surface area contributed by atoms with Crippen LogP contribution in [0.3, 0.4) is 0 Å². The van der Waals surface area contributed by atoms with E-state index in [0.717, 1.165) is 16.3 Å². The topological polar surface area (TPSA) is 81.2 Å². The van der Waals surface area contributed by atoms with Crippen molar-refractivity contribution >= 4 is 17.2 Å². The van der Waals surface area contributed by atoms with Crippen molar-refractivity contribution in [2.24, 2.45) is 5.73 Å². The van der Waals surface area contributed by atoms with Gasteiger partial charge < -0.3 is 15.2 Å². The molecule has 0 aliphatic carbocycles. The van der Waals surface area contributed by atoms with E-state index in [9.17, 15) is 0 Å². The summed E-state index contributed by atoms with van der Waals surface area (Å²) in [6.07, 6.45) is 0. The van der Waals surface area contributed by atoms with E-state index in [1.807, 2.05) is 24.3 Å². The van der Waals surface area contributed by atoms with Crippen molar-refractivity contribution in [1.29, 1.82) is 5.41 Å². The maximum absolute atomic E-state index is 7.59. The summed E-state index contributed by atoms with van der Waals surface area (Å²) in [4.78, 5) is 5.13. The Hall–Kier alpha value is -1.92. The molecule has 1 heterocycles. The number of nitrogens with two attached hydrogens (primary N) is 1. The van der Waals surface area contributed by atoms with Crippen molar-refractivity contribution in [3.8, 4) is 16.3 Å². The normalized spacial score (nSPS) is 10.4. The first-order valence-corrected chi connectivity index (χ1v) is 6.45. The molecule has 3 N–H and O–H groups in total. The minimum absolute atomic E-state index is 0.00528. The van der Waals surface area contributed by atoms with Crippen molar-refractivity contribution in [2.75, 3.05) is 14.2 Å². The van der Waals surface area contributed by atoms with Gasteiger partial charge in [-0.25, -0.2) is 4.98 Å². The minimum atomic E-state index is 0.00528. The van der Waals surface area contributed by atoms with Gasteiger partial charge in [0.1, 0.15) is 16.6 Å². The lowest BCUT2D eigenvalue weighted by molar-refractivity contribution is 0.182. The summed E-state index contributed by atoms with van der Waals surface area (Å²) in [6, 6.07) is 7.62. The average molecular weight is 277 g/mol. The van der Waals surface area contributed by atoms with Crippen LogP contribution in [0.2, 0.25) is 0 Å². The fourth-order valence-corrected chi connectivity index (χ4v) is 2.69. The van der Waals surface area contributed by atoms with E-state index in [0.29, 0.717) is 17.2 Å². The van der Waals surface area contributed by atoms with Gasteiger partial charge in [-0.3, -0.25) is 5.41 Å². The number of nitrogen functional groups attached to an aromatic ring is 1. The fraction of sp³-hybridized carbons (Fsp3) is 0.231. The molecule has 6 heteroatoms. The number of hydrogen-bond donors (Lipinski definition) is 2. The molecule has 0 fully saturated rings. The minimum Gasteiger partial charge on any atom is -0.496 e. The van der Waals surface area contributed by atoms with Gasteiger partial charge in [-0.2, -0.15) is 0 Å². The van der Waals surface area contributed by atoms with Gasteiger partial charge in [0.15, 0.2) is 0 Å². The molecule has 0 amide bonds. The van der Waals surface area contributed by atoms with Gasteiger partial charge in [0.2, 0.25) is 0 Å². The summed E-state index contributed by atoms with van der Waals surface area (Å²) < 4.78 is 10.4. The first-order chi connectivity index (χ1) is 9.17. The van der Waals surface area contributed by atoms with E-state index in [-0.39, 0.29) is 5.84 Å². The molecular formula is C13H15N3O2S. The highest BCUT2D eigenvalue weighted by atomic mass is 32.1. The van der Waals surface area contributed by atoms with Crippen LogP contribution in [-0.2, 0) is 11.3 Å². The van der Waals surface area contributed by atoms with Gasteiger partial charge in [-0.05, 0) is 12.1 Å². The monoisotopic (exact) mass is 277 g/mol. The van der Waals surface area contributed by atoms with E-state index in [1.165, 1.54) is 11.3 Å². The van der Waals surface area contributed by atoms with Crippen molar-refractivity contribution in [3.63, 3.8) is 0 Å². The molecule has 0 unspecified atom stereocenters. The number of benzene rings is 1. The number of aromatic nitrogens is 1. The molecule has 0 bridgehead atoms. The molecule has 5 nitrogen and oxygen atoms in total. The second-order valence-electron chi connectivity index (χ2n) is 3.84. The van der Waals surface area contributed by atoms with Gasteiger partial charge >= 0.3 is 0 Å². The third-order valence-corrected chi connectivity index (χ3v) is 3.72. The van der Waals surface area contributed by atoms with Crippen molar-refractivity contribution < 1.29 is 9.47 Å². The first kappa shape index (κ1) is 13.5. The number of para-hydroxylation sites is 1. The number of nitrogens with one attached hydrogen (secondary N) is 1. The number of methoxy groups -OCH3 is 2. The molecular weight excluding hydrogens is 262 g/mol. The summed E-state index contributed by atoms with van der Waals surface area (Å²) in [5.74, 6) is 0.751. The number of ether oxygens (including phenoxy) is 2. The van der Waals surface area contributed by atoms with E-state index in [2.05, 4.69) is 4.98 Å². The van der Waals surface area contributed by atoms with Crippen molar-refractivity contribution in [3.05, 3.63) is 34.8 Å². The Labute approximate surface area is 115 Å². The lowest BCUT2D eigenvalue weighted by Crippen LogP contribution is -2.11. The third-order valence-electron chi connectivity index (χ3n) is 2.56. The quantitative estimate of drug-likeness (QED) is 0.648. The second kappa shape index (κ2) is 5.81. The third kappa shape index (κ3) is 2.74. The summed E-state index contributed by atoms with van der Waals surface area (Å²) in [5.41, 5.74) is 7.14. The number of amidine groups is 1. The summed E-state index contributed by atoms with van der Waals surface area (Å²) >= 11 is 1.37. The van der Waals surface area contributed by atoms with E-state index in [4.69, 9.17) is 20.6 Å². The molecule has 2 rings (SSSR count). The predicted molar refractivity (Wildman–Crippen MR) is 75.8 cm³/mol. The van der Waals surface area contributed by atoms with Gasteiger partial charge in [-0.15, -0.1) is 11.3 Å². The summed E-state index contributed by atoms with van der Waals surface area (Å²) in [6.45, 7) is 0.334. The number of rotatable bonds is 5. The molecule has 1 aromatic carbocycles. The number of hydrogen-bond acceptors (Lipinski definition) is 5. The molecule has 0 spiro atoms. The molecule has 1 aromatic heterocycles. The average Bonchev–Trinajstić information content (AvgIpc) is 2.83. The van der Waals surface area contributed by atoms with Crippen LogP contribution in [0.5, 0.6) is 5.75 Å². The maximum Gasteiger partial charge on any atom is 0.135 e. The van der Waals surface area contributed by atoms with E-state index in [1.54, 1.807) is 14.2 Å². The number of nitrogens with zero attached hydrogens (tertiary/aromatic N) is 1. The molecule has 19 heavy (non-hydrogen) atoms. The largest absolute Gasteiger partial charge is 0.496 e. The molecule has 0 saturated carbocycles. The standard InChI is InChI=1S/C13H15N3O2S/c1-17-7-9-11(12(14)15)19-13(16-9)8-5-3-4-6-10(8)18-2/h3-6H,7H2,1-2H3,(H3,14,15). The highest BCUT2D eigenvalue weighted by Gasteiger charge is 2.16. The smallest absolute Gasteiger partial charge is 0.135 e. The van der Waals surface area contributed by atoms with Crippen LogP contribution in [-0.4, -0.2) is 25.0 Å². The highest BCUT2D eigenvalue weighted by molar-refractivity contribution is 7.17. The van der Waals surface area contributed by atoms with Gasteiger partial charge in [-0.1, -0.05) is 12.1 Å². The Balaban J connectivity index is 2.51. The Morgan fingerprint density at radius 2 is 2.11 bits per heavy atom. The molecule has 0 atom stereocenters. The highest BCUT2D eigenvalue weighted by Crippen LogP contribution is 2.34. The lowest BCUT2D eigenvalue weighted by Gasteiger charge is -2.04. The van der Waals surface area contributed by atoms with Crippen LogP contribution >= 0.6 is 11.3 Å². The zero-order chi connectivity index (χ0) is 13.8. The summed E-state index contributed by atoms with van der Waals surface area (Å²) in [5, 5.41) is 8.36. The molecule has 100 valence electrons. The van der Waals surface area contributed by atoms with Gasteiger partial charge in [0.25, 0.3) is 0 Å². The van der Waals surface area contributed by atoms with Gasteiger partial charge in [0, 0.05) is 7.11 Å². The van der Waals surface area contributed by atoms with Crippen LogP contribution in [0.25, 0.3) is 10.6 Å². The van der Waals surface area contributed by atoms with Crippen LogP contribution < -0.4 is 10.5 Å². The molecule has 2 aromatic rings. The zero-order valence-corrected chi connectivity index (χ0v) is 11.6. The SMILES string of the molecule is COCc1nc(-c2ccccc2OC)sc1C(=N)N. The molecule has 0 aliphatic rings. The number of thiazole rings is 1. The van der Waals surface area contributed by atoms with Crippen LogP contribution in [0.1, 0.15) is 10.6 Å². The van der Waals surface area contributed by atoms with Crippen molar-refractivity contribution in [1.82, 2.24) is 4.98 Å². The zero-order valence-electron chi connectivity index (χ0n) is 10.8. The molecule has 0 radical (unpaired) electrons. The van der Waals surface area contributed by atoms with E-state index >= 15 is 0 Å². The Kier molecular flexibility index (Phi) is 4.13. The van der Waals surface area contributed by atoms with Crippen LogP contribution in [0.4, 0.5) is 0 Å². The summed E-state index contributed by atoms with van der Waals surface area (Å²) in [7, 11) is 3.21. The Morgan fingerprint density at radius 1 is 1.37 bits per heavy atom. The fourth-order valence-electron chi connectivity index (χ4n) is 1.73. The molecule has 0 aliphatic heterocycles. The first-order valence-electron chi connectivity index (χ1n) is 5.63. The molecule has 0 saturated heterocycles. The Morgan fingerprint density at radius 3 is 2.74 bits per heavy atom. The van der Waals surface area contributed by atoms with Crippen LogP contribution in [0, 0.1) is 5.41 Å².